The first-order valence-electron chi connectivity index (χ1n) is 6.34. The number of piperazine rings is 1. The van der Waals surface area contributed by atoms with Crippen molar-refractivity contribution in [3.63, 3.8) is 0 Å². The fourth-order valence-electron chi connectivity index (χ4n) is 1.92. The summed E-state index contributed by atoms with van der Waals surface area (Å²) < 4.78 is 24.8. The van der Waals surface area contributed by atoms with Crippen LogP contribution in [-0.4, -0.2) is 68.0 Å². The van der Waals surface area contributed by atoms with Crippen LogP contribution in [0.2, 0.25) is 0 Å². The average Bonchev–Trinajstić information content (AvgIpc) is 2.28. The third-order valence-electron chi connectivity index (χ3n) is 2.91. The van der Waals surface area contributed by atoms with Crippen LogP contribution < -0.4 is 5.32 Å². The number of nitrogens with zero attached hydrogens (tertiary/aromatic N) is 2. The van der Waals surface area contributed by atoms with Crippen LogP contribution in [0.3, 0.4) is 0 Å². The molecule has 1 amide bonds. The summed E-state index contributed by atoms with van der Waals surface area (Å²) in [5.41, 5.74) is 0. The standard InChI is InChI=1S/C11H23N3O3S/c1-4-18(16,17)14-7-5-13(6-8-14)9-11(15)12-10(2)3/h10H,4-9H2,1-3H3,(H,12,15). The van der Waals surface area contributed by atoms with Gasteiger partial charge in [0.15, 0.2) is 0 Å². The first kappa shape index (κ1) is 15.4. The van der Waals surface area contributed by atoms with Crippen molar-refractivity contribution in [1.29, 1.82) is 0 Å². The molecule has 0 unspecified atom stereocenters. The van der Waals surface area contributed by atoms with Gasteiger partial charge in [-0.05, 0) is 20.8 Å². The summed E-state index contributed by atoms with van der Waals surface area (Å²) in [5.74, 6) is 0.137. The Balaban J connectivity index is 2.38. The minimum Gasteiger partial charge on any atom is -0.353 e. The molecule has 1 aliphatic heterocycles. The Morgan fingerprint density at radius 3 is 2.22 bits per heavy atom. The molecule has 1 heterocycles. The van der Waals surface area contributed by atoms with Gasteiger partial charge >= 0.3 is 0 Å². The molecule has 0 radical (unpaired) electrons. The lowest BCUT2D eigenvalue weighted by atomic mass is 10.3. The van der Waals surface area contributed by atoms with Gasteiger partial charge in [0.05, 0.1) is 12.3 Å². The molecule has 0 saturated carbocycles. The minimum absolute atomic E-state index is 0.00296. The maximum atomic E-state index is 11.7. The number of amides is 1. The van der Waals surface area contributed by atoms with Gasteiger partial charge in [-0.25, -0.2) is 8.42 Å². The van der Waals surface area contributed by atoms with Crippen molar-refractivity contribution in [2.24, 2.45) is 0 Å². The third-order valence-corrected chi connectivity index (χ3v) is 4.79. The number of hydrogen-bond acceptors (Lipinski definition) is 4. The second-order valence-electron chi connectivity index (χ2n) is 4.80. The zero-order valence-electron chi connectivity index (χ0n) is 11.3. The summed E-state index contributed by atoms with van der Waals surface area (Å²) in [6.45, 7) is 8.02. The average molecular weight is 277 g/mol. The van der Waals surface area contributed by atoms with Gasteiger partial charge < -0.3 is 5.32 Å². The maximum absolute atomic E-state index is 11.7. The van der Waals surface area contributed by atoms with E-state index in [2.05, 4.69) is 5.32 Å². The molecule has 0 spiro atoms. The Kier molecular flexibility index (Phi) is 5.55. The predicted molar refractivity (Wildman–Crippen MR) is 70.8 cm³/mol. The molecule has 0 bridgehead atoms. The molecule has 0 atom stereocenters. The van der Waals surface area contributed by atoms with Crippen molar-refractivity contribution in [3.05, 3.63) is 0 Å². The number of carbonyl (C=O) groups excluding carboxylic acids is 1. The molecule has 0 aromatic heterocycles. The fraction of sp³-hybridized carbons (Fsp3) is 0.909. The first-order valence-corrected chi connectivity index (χ1v) is 7.95. The molecule has 1 aliphatic rings. The summed E-state index contributed by atoms with van der Waals surface area (Å²) in [4.78, 5) is 13.6. The minimum atomic E-state index is -3.09. The zero-order valence-corrected chi connectivity index (χ0v) is 12.2. The molecule has 7 heteroatoms. The van der Waals surface area contributed by atoms with Gasteiger partial charge in [0.1, 0.15) is 0 Å². The number of nitrogens with one attached hydrogen (secondary N) is 1. The zero-order chi connectivity index (χ0) is 13.8. The number of rotatable bonds is 5. The van der Waals surface area contributed by atoms with Crippen molar-refractivity contribution in [1.82, 2.24) is 14.5 Å². The van der Waals surface area contributed by atoms with Crippen LogP contribution in [0, 0.1) is 0 Å². The lowest BCUT2D eigenvalue weighted by Gasteiger charge is -2.33. The normalized spacial score (nSPS) is 19.1. The van der Waals surface area contributed by atoms with Crippen LogP contribution in [0.15, 0.2) is 0 Å². The van der Waals surface area contributed by atoms with Gasteiger partial charge in [0, 0.05) is 32.2 Å². The Hall–Kier alpha value is -0.660. The maximum Gasteiger partial charge on any atom is 0.234 e. The highest BCUT2D eigenvalue weighted by molar-refractivity contribution is 7.89. The smallest absolute Gasteiger partial charge is 0.234 e. The van der Waals surface area contributed by atoms with Crippen LogP contribution >= 0.6 is 0 Å². The van der Waals surface area contributed by atoms with Crippen molar-refractivity contribution in [3.8, 4) is 0 Å². The molecule has 6 nitrogen and oxygen atoms in total. The molecule has 18 heavy (non-hydrogen) atoms. The molecular formula is C11H23N3O3S. The van der Waals surface area contributed by atoms with Gasteiger partial charge in [-0.3, -0.25) is 9.69 Å². The highest BCUT2D eigenvalue weighted by Gasteiger charge is 2.26. The molecule has 1 N–H and O–H groups in total. The third kappa shape index (κ3) is 4.55. The van der Waals surface area contributed by atoms with Gasteiger partial charge in [-0.2, -0.15) is 4.31 Å². The van der Waals surface area contributed by atoms with E-state index in [9.17, 15) is 13.2 Å². The van der Waals surface area contributed by atoms with E-state index >= 15 is 0 Å². The molecule has 1 saturated heterocycles. The van der Waals surface area contributed by atoms with E-state index in [1.807, 2.05) is 18.7 Å². The molecule has 0 aromatic carbocycles. The summed E-state index contributed by atoms with van der Waals surface area (Å²) in [6.07, 6.45) is 0. The van der Waals surface area contributed by atoms with Crippen molar-refractivity contribution in [2.45, 2.75) is 26.8 Å². The van der Waals surface area contributed by atoms with E-state index in [-0.39, 0.29) is 17.7 Å². The molecule has 0 aliphatic carbocycles. The van der Waals surface area contributed by atoms with E-state index in [0.717, 1.165) is 0 Å². The van der Waals surface area contributed by atoms with Gasteiger partial charge in [0.25, 0.3) is 0 Å². The van der Waals surface area contributed by atoms with E-state index < -0.39 is 10.0 Å². The summed E-state index contributed by atoms with van der Waals surface area (Å²) in [6, 6.07) is 0.138. The van der Waals surface area contributed by atoms with E-state index in [0.29, 0.717) is 32.7 Å². The van der Waals surface area contributed by atoms with E-state index in [1.165, 1.54) is 4.31 Å². The Bertz CT molecular complexity index is 373. The lowest BCUT2D eigenvalue weighted by Crippen LogP contribution is -2.51. The number of sulfonamides is 1. The molecule has 1 rings (SSSR count). The predicted octanol–water partition coefficient (Wildman–Crippen LogP) is -0.522. The fourth-order valence-corrected chi connectivity index (χ4v) is 3.00. The topological polar surface area (TPSA) is 69.7 Å². The molecule has 1 fully saturated rings. The Morgan fingerprint density at radius 2 is 1.78 bits per heavy atom. The van der Waals surface area contributed by atoms with Gasteiger partial charge in [-0.15, -0.1) is 0 Å². The van der Waals surface area contributed by atoms with Crippen molar-refractivity contribution >= 4 is 15.9 Å². The van der Waals surface area contributed by atoms with Crippen molar-refractivity contribution < 1.29 is 13.2 Å². The van der Waals surface area contributed by atoms with Crippen LogP contribution in [0.5, 0.6) is 0 Å². The molecule has 0 aromatic rings. The highest BCUT2D eigenvalue weighted by atomic mass is 32.2. The summed E-state index contributed by atoms with van der Waals surface area (Å²) >= 11 is 0. The summed E-state index contributed by atoms with van der Waals surface area (Å²) in [7, 11) is -3.09. The van der Waals surface area contributed by atoms with Crippen LogP contribution in [0.1, 0.15) is 20.8 Å². The first-order chi connectivity index (χ1) is 8.35. The second kappa shape index (κ2) is 6.49. The monoisotopic (exact) mass is 277 g/mol. The van der Waals surface area contributed by atoms with E-state index in [4.69, 9.17) is 0 Å². The summed E-state index contributed by atoms with van der Waals surface area (Å²) in [5, 5.41) is 2.83. The van der Waals surface area contributed by atoms with Crippen LogP contribution in [0.4, 0.5) is 0 Å². The number of carbonyl (C=O) groups is 1. The largest absolute Gasteiger partial charge is 0.353 e. The van der Waals surface area contributed by atoms with Crippen molar-refractivity contribution in [2.75, 3.05) is 38.5 Å². The Morgan fingerprint density at radius 1 is 1.22 bits per heavy atom. The van der Waals surface area contributed by atoms with Crippen LogP contribution in [0.25, 0.3) is 0 Å². The molecular weight excluding hydrogens is 254 g/mol. The van der Waals surface area contributed by atoms with Crippen LogP contribution in [-0.2, 0) is 14.8 Å². The number of hydrogen-bond donors (Lipinski definition) is 1. The van der Waals surface area contributed by atoms with Gasteiger partial charge in [-0.1, -0.05) is 0 Å². The van der Waals surface area contributed by atoms with E-state index in [1.54, 1.807) is 6.92 Å². The molecule has 106 valence electrons. The van der Waals surface area contributed by atoms with Gasteiger partial charge in [0.2, 0.25) is 15.9 Å². The SMILES string of the molecule is CCS(=O)(=O)N1CCN(CC(=O)NC(C)C)CC1. The Labute approximate surface area is 109 Å². The lowest BCUT2D eigenvalue weighted by molar-refractivity contribution is -0.123. The highest BCUT2D eigenvalue weighted by Crippen LogP contribution is 2.07. The second-order valence-corrected chi connectivity index (χ2v) is 7.06. The quantitative estimate of drug-likeness (QED) is 0.734.